The Labute approximate surface area is 150 Å². The van der Waals surface area contributed by atoms with Gasteiger partial charge in [-0.2, -0.15) is 0 Å². The van der Waals surface area contributed by atoms with Crippen molar-refractivity contribution in [3.63, 3.8) is 0 Å². The Bertz CT molecular complexity index is 593. The second kappa shape index (κ2) is 8.67. The molecule has 26 heavy (non-hydrogen) atoms. The van der Waals surface area contributed by atoms with Crippen molar-refractivity contribution < 1.29 is 44.5 Å². The lowest BCUT2D eigenvalue weighted by molar-refractivity contribution is -0.277. The van der Waals surface area contributed by atoms with Gasteiger partial charge in [-0.15, -0.1) is 6.58 Å². The summed E-state index contributed by atoms with van der Waals surface area (Å²) in [5, 5.41) is 49.0. The van der Waals surface area contributed by atoms with E-state index in [2.05, 4.69) is 6.58 Å². The van der Waals surface area contributed by atoms with E-state index in [0.717, 1.165) is 0 Å². The molecule has 1 heterocycles. The first-order valence-electron chi connectivity index (χ1n) is 7.91. The second-order valence-corrected chi connectivity index (χ2v) is 5.75. The summed E-state index contributed by atoms with van der Waals surface area (Å²) in [5.41, 5.74) is 0.440. The van der Waals surface area contributed by atoms with Crippen molar-refractivity contribution in [1.29, 1.82) is 0 Å². The molecule has 0 aromatic heterocycles. The quantitative estimate of drug-likeness (QED) is 0.386. The van der Waals surface area contributed by atoms with Crippen molar-refractivity contribution in [1.82, 2.24) is 0 Å². The molecule has 0 amide bonds. The van der Waals surface area contributed by atoms with E-state index in [-0.39, 0.29) is 17.2 Å². The van der Waals surface area contributed by atoms with Crippen LogP contribution in [-0.2, 0) is 4.74 Å². The Morgan fingerprint density at radius 2 is 1.69 bits per heavy atom. The average Bonchev–Trinajstić information content (AvgIpc) is 2.67. The summed E-state index contributed by atoms with van der Waals surface area (Å²) in [6, 6.07) is 2.99. The van der Waals surface area contributed by atoms with Gasteiger partial charge in [0.2, 0.25) is 12.0 Å². The molecule has 1 aromatic rings. The summed E-state index contributed by atoms with van der Waals surface area (Å²) in [7, 11) is 2.75. The minimum atomic E-state index is -1.58. The van der Waals surface area contributed by atoms with Crippen LogP contribution < -0.4 is 14.2 Å². The van der Waals surface area contributed by atoms with Gasteiger partial charge in [0.15, 0.2) is 11.5 Å². The van der Waals surface area contributed by atoms with Gasteiger partial charge in [-0.25, -0.2) is 0 Å². The smallest absolute Gasteiger partial charge is 0.229 e. The molecule has 146 valence electrons. The number of aliphatic hydroxyl groups excluding tert-OH is 5. The predicted molar refractivity (Wildman–Crippen MR) is 89.1 cm³/mol. The molecule has 0 saturated carbocycles. The summed E-state index contributed by atoms with van der Waals surface area (Å²) in [6.07, 6.45) is -6.80. The number of benzene rings is 1. The van der Waals surface area contributed by atoms with Gasteiger partial charge in [-0.05, 0) is 17.7 Å². The molecule has 1 saturated heterocycles. The number of methoxy groups -OCH3 is 2. The Kier molecular flexibility index (Phi) is 6.81. The normalized spacial score (nSPS) is 29.7. The lowest BCUT2D eigenvalue weighted by Gasteiger charge is -2.39. The standard InChI is InChI=1S/C17H24O9/c1-4-9(19)8-5-10(23-2)16(11(6-8)24-3)26-17-15(22)14(21)13(20)12(7-18)25-17/h4-6,9,12-15,17-22H,1,7H2,2-3H3. The van der Waals surface area contributed by atoms with Gasteiger partial charge in [0.1, 0.15) is 24.4 Å². The Balaban J connectivity index is 2.37. The van der Waals surface area contributed by atoms with Crippen molar-refractivity contribution in [3.05, 3.63) is 30.4 Å². The third kappa shape index (κ3) is 3.93. The monoisotopic (exact) mass is 372 g/mol. The lowest BCUT2D eigenvalue weighted by atomic mass is 9.99. The van der Waals surface area contributed by atoms with Crippen LogP contribution >= 0.6 is 0 Å². The van der Waals surface area contributed by atoms with E-state index in [1.54, 1.807) is 0 Å². The highest BCUT2D eigenvalue weighted by Gasteiger charge is 2.45. The molecule has 6 atom stereocenters. The molecule has 0 radical (unpaired) electrons. The zero-order valence-corrected chi connectivity index (χ0v) is 14.5. The van der Waals surface area contributed by atoms with Crippen molar-refractivity contribution >= 4 is 0 Å². The van der Waals surface area contributed by atoms with Crippen LogP contribution in [0.2, 0.25) is 0 Å². The Morgan fingerprint density at radius 1 is 1.12 bits per heavy atom. The number of aliphatic hydroxyl groups is 5. The van der Waals surface area contributed by atoms with E-state index in [1.807, 2.05) is 0 Å². The third-order valence-corrected chi connectivity index (χ3v) is 4.13. The molecule has 0 aliphatic carbocycles. The molecule has 0 spiro atoms. The number of hydrogen-bond donors (Lipinski definition) is 5. The molecule has 1 aliphatic rings. The van der Waals surface area contributed by atoms with E-state index in [1.165, 1.54) is 32.4 Å². The summed E-state index contributed by atoms with van der Waals surface area (Å²) in [5.74, 6) is 0.411. The maximum absolute atomic E-state index is 10.1. The highest BCUT2D eigenvalue weighted by Crippen LogP contribution is 2.41. The third-order valence-electron chi connectivity index (χ3n) is 4.13. The zero-order valence-electron chi connectivity index (χ0n) is 14.5. The molecule has 9 nitrogen and oxygen atoms in total. The topological polar surface area (TPSA) is 138 Å². The van der Waals surface area contributed by atoms with Crippen LogP contribution in [0.4, 0.5) is 0 Å². The van der Waals surface area contributed by atoms with E-state index in [0.29, 0.717) is 5.56 Å². The van der Waals surface area contributed by atoms with Crippen molar-refractivity contribution in [2.75, 3.05) is 20.8 Å². The molecule has 1 aliphatic heterocycles. The van der Waals surface area contributed by atoms with Gasteiger partial charge in [0.25, 0.3) is 0 Å². The minimum Gasteiger partial charge on any atom is -0.493 e. The van der Waals surface area contributed by atoms with Crippen molar-refractivity contribution in [2.24, 2.45) is 0 Å². The maximum atomic E-state index is 10.1. The van der Waals surface area contributed by atoms with E-state index in [4.69, 9.17) is 18.9 Å². The fourth-order valence-electron chi connectivity index (χ4n) is 2.60. The van der Waals surface area contributed by atoms with Crippen LogP contribution in [0.5, 0.6) is 17.2 Å². The predicted octanol–water partition coefficient (Wildman–Crippen LogP) is -0.898. The van der Waals surface area contributed by atoms with Gasteiger partial charge in [0, 0.05) is 0 Å². The van der Waals surface area contributed by atoms with Crippen LogP contribution in [-0.4, -0.2) is 77.1 Å². The molecule has 2 rings (SSSR count). The average molecular weight is 372 g/mol. The van der Waals surface area contributed by atoms with Gasteiger partial charge in [-0.3, -0.25) is 0 Å². The first kappa shape index (κ1) is 20.4. The van der Waals surface area contributed by atoms with E-state index in [9.17, 15) is 25.5 Å². The van der Waals surface area contributed by atoms with E-state index >= 15 is 0 Å². The van der Waals surface area contributed by atoms with Gasteiger partial charge in [0.05, 0.1) is 26.9 Å². The van der Waals surface area contributed by atoms with Crippen molar-refractivity contribution in [3.8, 4) is 17.2 Å². The highest BCUT2D eigenvalue weighted by molar-refractivity contribution is 5.54. The fourth-order valence-corrected chi connectivity index (χ4v) is 2.60. The maximum Gasteiger partial charge on any atom is 0.229 e. The minimum absolute atomic E-state index is 0.0549. The summed E-state index contributed by atoms with van der Waals surface area (Å²) >= 11 is 0. The first-order chi connectivity index (χ1) is 12.4. The molecule has 1 fully saturated rings. The summed E-state index contributed by atoms with van der Waals surface area (Å²) in [6.45, 7) is 2.94. The largest absolute Gasteiger partial charge is 0.493 e. The molecule has 6 unspecified atom stereocenters. The number of hydrogen-bond acceptors (Lipinski definition) is 9. The van der Waals surface area contributed by atoms with Gasteiger partial charge >= 0.3 is 0 Å². The Hall–Kier alpha value is -1.88. The molecular formula is C17H24O9. The fraction of sp³-hybridized carbons (Fsp3) is 0.529. The molecule has 1 aromatic carbocycles. The molecule has 5 N–H and O–H groups in total. The van der Waals surface area contributed by atoms with Crippen LogP contribution in [0.3, 0.4) is 0 Å². The van der Waals surface area contributed by atoms with Crippen molar-refractivity contribution in [2.45, 2.75) is 36.8 Å². The second-order valence-electron chi connectivity index (χ2n) is 5.75. The van der Waals surface area contributed by atoms with E-state index < -0.39 is 43.4 Å². The van der Waals surface area contributed by atoms with Crippen LogP contribution in [0.15, 0.2) is 24.8 Å². The zero-order chi connectivity index (χ0) is 19.4. The Morgan fingerprint density at radius 3 is 2.15 bits per heavy atom. The SMILES string of the molecule is C=CC(O)c1cc(OC)c(OC2OC(CO)C(O)C(O)C2O)c(OC)c1. The summed E-state index contributed by atoms with van der Waals surface area (Å²) in [4.78, 5) is 0. The van der Waals surface area contributed by atoms with Gasteiger partial charge < -0.3 is 44.5 Å². The lowest BCUT2D eigenvalue weighted by Crippen LogP contribution is -2.60. The van der Waals surface area contributed by atoms with Crippen LogP contribution in [0, 0.1) is 0 Å². The number of rotatable bonds is 7. The molecular weight excluding hydrogens is 348 g/mol. The highest BCUT2D eigenvalue weighted by atomic mass is 16.7. The van der Waals surface area contributed by atoms with Crippen LogP contribution in [0.25, 0.3) is 0 Å². The van der Waals surface area contributed by atoms with Gasteiger partial charge in [-0.1, -0.05) is 6.08 Å². The number of ether oxygens (including phenoxy) is 4. The first-order valence-corrected chi connectivity index (χ1v) is 7.91. The summed E-state index contributed by atoms with van der Waals surface area (Å²) < 4.78 is 21.4. The molecule has 9 heteroatoms. The van der Waals surface area contributed by atoms with Crippen LogP contribution in [0.1, 0.15) is 11.7 Å². The molecule has 0 bridgehead atoms.